The van der Waals surface area contributed by atoms with Crippen LogP contribution in [0.5, 0.6) is 11.5 Å². The van der Waals surface area contributed by atoms with Crippen LogP contribution in [0.15, 0.2) is 30.3 Å². The Morgan fingerprint density at radius 1 is 1.00 bits per heavy atom. The second-order valence-corrected chi connectivity index (χ2v) is 6.43. The van der Waals surface area contributed by atoms with Crippen molar-refractivity contribution in [1.82, 2.24) is 10.9 Å². The fourth-order valence-corrected chi connectivity index (χ4v) is 2.83. The Labute approximate surface area is 155 Å². The second-order valence-electron chi connectivity index (χ2n) is 5.34. The first-order valence-electron chi connectivity index (χ1n) is 7.98. The summed E-state index contributed by atoms with van der Waals surface area (Å²) in [5, 5.41) is 0. The average Bonchev–Trinajstić information content (AvgIpc) is 3.14. The molecular weight excluding hydrogens is 356 g/mol. The number of carbonyl (C=O) groups excluding carboxylic acids is 3. The van der Waals surface area contributed by atoms with Crippen LogP contribution in [-0.4, -0.2) is 31.3 Å². The van der Waals surface area contributed by atoms with E-state index in [0.29, 0.717) is 33.4 Å². The summed E-state index contributed by atoms with van der Waals surface area (Å²) < 4.78 is 10.8. The molecule has 2 N–H and O–H groups in total. The van der Waals surface area contributed by atoms with E-state index in [1.54, 1.807) is 18.2 Å². The molecule has 2 rings (SSSR count). The molecule has 0 atom stereocenters. The second kappa shape index (κ2) is 9.00. The van der Waals surface area contributed by atoms with Gasteiger partial charge in [0.1, 0.15) is 0 Å². The van der Waals surface area contributed by atoms with E-state index in [1.807, 2.05) is 6.92 Å². The van der Waals surface area contributed by atoms with Gasteiger partial charge in [-0.15, -0.1) is 11.3 Å². The van der Waals surface area contributed by atoms with Crippen molar-refractivity contribution in [2.24, 2.45) is 0 Å². The lowest BCUT2D eigenvalue weighted by atomic mass is 10.2. The van der Waals surface area contributed by atoms with E-state index in [4.69, 9.17) is 9.47 Å². The molecule has 2 amide bonds. The lowest BCUT2D eigenvalue weighted by molar-refractivity contribution is 0.0848. The third-order valence-corrected chi connectivity index (χ3v) is 4.54. The first-order chi connectivity index (χ1) is 12.5. The first kappa shape index (κ1) is 19.5. The predicted molar refractivity (Wildman–Crippen MR) is 98.0 cm³/mol. The van der Waals surface area contributed by atoms with Crippen LogP contribution in [0.25, 0.3) is 0 Å². The molecule has 0 aliphatic rings. The standard InChI is InChI=1S/C18H20N2O5S/c1-4-9-25-13-6-5-12(10-14(13)24-3)17(22)19-20-18(23)16-8-7-15(26-16)11(2)21/h5-8,10H,4,9H2,1-3H3,(H,19,22)(H,20,23). The highest BCUT2D eigenvalue weighted by atomic mass is 32.1. The van der Waals surface area contributed by atoms with Crippen molar-refractivity contribution in [3.05, 3.63) is 45.6 Å². The number of hydrogen-bond acceptors (Lipinski definition) is 6. The molecule has 138 valence electrons. The largest absolute Gasteiger partial charge is 0.493 e. The molecule has 0 bridgehead atoms. The third-order valence-electron chi connectivity index (χ3n) is 3.35. The molecule has 8 heteroatoms. The van der Waals surface area contributed by atoms with Crippen LogP contribution in [0, 0.1) is 0 Å². The summed E-state index contributed by atoms with van der Waals surface area (Å²) in [5.41, 5.74) is 4.97. The number of hydrazine groups is 1. The van der Waals surface area contributed by atoms with E-state index in [2.05, 4.69) is 10.9 Å². The van der Waals surface area contributed by atoms with Crippen LogP contribution in [-0.2, 0) is 0 Å². The Morgan fingerprint density at radius 3 is 2.31 bits per heavy atom. The maximum Gasteiger partial charge on any atom is 0.279 e. The monoisotopic (exact) mass is 376 g/mol. The summed E-state index contributed by atoms with van der Waals surface area (Å²) in [6.45, 7) is 3.96. The van der Waals surface area contributed by atoms with Gasteiger partial charge < -0.3 is 9.47 Å². The molecule has 0 fully saturated rings. The number of thiophene rings is 1. The number of carbonyl (C=O) groups is 3. The van der Waals surface area contributed by atoms with Crippen LogP contribution < -0.4 is 20.3 Å². The van der Waals surface area contributed by atoms with Gasteiger partial charge in [0.25, 0.3) is 11.8 Å². The van der Waals surface area contributed by atoms with Gasteiger partial charge in [-0.25, -0.2) is 0 Å². The minimum Gasteiger partial charge on any atom is -0.493 e. The molecule has 2 aromatic rings. The van der Waals surface area contributed by atoms with Crippen LogP contribution in [0.4, 0.5) is 0 Å². The van der Waals surface area contributed by atoms with E-state index in [0.717, 1.165) is 17.8 Å². The molecule has 1 heterocycles. The molecule has 0 aliphatic carbocycles. The summed E-state index contributed by atoms with van der Waals surface area (Å²) in [5.74, 6) is -0.129. The highest BCUT2D eigenvalue weighted by Crippen LogP contribution is 2.28. The van der Waals surface area contributed by atoms with Gasteiger partial charge in [-0.3, -0.25) is 25.2 Å². The van der Waals surface area contributed by atoms with E-state index in [9.17, 15) is 14.4 Å². The molecule has 1 aromatic carbocycles. The maximum absolute atomic E-state index is 12.2. The summed E-state index contributed by atoms with van der Waals surface area (Å²) in [6.07, 6.45) is 0.853. The molecule has 0 aliphatic heterocycles. The minimum absolute atomic E-state index is 0.115. The third kappa shape index (κ3) is 4.82. The number of benzene rings is 1. The molecule has 0 saturated heterocycles. The topological polar surface area (TPSA) is 93.7 Å². The van der Waals surface area contributed by atoms with Crippen LogP contribution in [0.2, 0.25) is 0 Å². The molecule has 0 radical (unpaired) electrons. The van der Waals surface area contributed by atoms with E-state index < -0.39 is 11.8 Å². The molecular formula is C18H20N2O5S. The Morgan fingerprint density at radius 2 is 1.69 bits per heavy atom. The van der Waals surface area contributed by atoms with Gasteiger partial charge in [0, 0.05) is 5.56 Å². The van der Waals surface area contributed by atoms with Gasteiger partial charge in [-0.1, -0.05) is 6.92 Å². The quantitative estimate of drug-likeness (QED) is 0.572. The van der Waals surface area contributed by atoms with Crippen molar-refractivity contribution >= 4 is 28.9 Å². The summed E-state index contributed by atoms with van der Waals surface area (Å²) in [7, 11) is 1.49. The van der Waals surface area contributed by atoms with Crippen LogP contribution in [0.3, 0.4) is 0 Å². The minimum atomic E-state index is -0.498. The van der Waals surface area contributed by atoms with E-state index in [1.165, 1.54) is 26.2 Å². The first-order valence-corrected chi connectivity index (χ1v) is 8.80. The van der Waals surface area contributed by atoms with E-state index in [-0.39, 0.29) is 5.78 Å². The van der Waals surface area contributed by atoms with Crippen molar-refractivity contribution in [2.75, 3.05) is 13.7 Å². The molecule has 26 heavy (non-hydrogen) atoms. The van der Waals surface area contributed by atoms with Crippen molar-refractivity contribution in [2.45, 2.75) is 20.3 Å². The summed E-state index contributed by atoms with van der Waals surface area (Å²) >= 11 is 1.06. The number of methoxy groups -OCH3 is 1. The van der Waals surface area contributed by atoms with Crippen molar-refractivity contribution < 1.29 is 23.9 Å². The maximum atomic E-state index is 12.2. The molecule has 1 aromatic heterocycles. The number of nitrogens with one attached hydrogen (secondary N) is 2. The van der Waals surface area contributed by atoms with Gasteiger partial charge in [0.05, 0.1) is 23.5 Å². The normalized spacial score (nSPS) is 10.1. The summed E-state index contributed by atoms with van der Waals surface area (Å²) in [4.78, 5) is 36.3. The van der Waals surface area contributed by atoms with Crippen LogP contribution >= 0.6 is 11.3 Å². The zero-order valence-electron chi connectivity index (χ0n) is 14.8. The van der Waals surface area contributed by atoms with Gasteiger partial charge in [-0.2, -0.15) is 0 Å². The van der Waals surface area contributed by atoms with Gasteiger partial charge >= 0.3 is 0 Å². The van der Waals surface area contributed by atoms with Crippen molar-refractivity contribution in [3.63, 3.8) is 0 Å². The number of ketones is 1. The van der Waals surface area contributed by atoms with Crippen molar-refractivity contribution in [3.8, 4) is 11.5 Å². The molecule has 0 unspecified atom stereocenters. The SMILES string of the molecule is CCCOc1ccc(C(=O)NNC(=O)c2ccc(C(C)=O)s2)cc1OC. The Bertz CT molecular complexity index is 816. The Kier molecular flexibility index (Phi) is 6.74. The average molecular weight is 376 g/mol. The van der Waals surface area contributed by atoms with Gasteiger partial charge in [-0.05, 0) is 43.7 Å². The molecule has 0 spiro atoms. The lowest BCUT2D eigenvalue weighted by Gasteiger charge is -2.12. The lowest BCUT2D eigenvalue weighted by Crippen LogP contribution is -2.41. The van der Waals surface area contributed by atoms with Gasteiger partial charge in [0.2, 0.25) is 0 Å². The Hall–Kier alpha value is -2.87. The van der Waals surface area contributed by atoms with Crippen LogP contribution in [0.1, 0.15) is 50.0 Å². The molecule has 7 nitrogen and oxygen atoms in total. The van der Waals surface area contributed by atoms with Crippen molar-refractivity contribution in [1.29, 1.82) is 0 Å². The zero-order chi connectivity index (χ0) is 19.1. The Balaban J connectivity index is 2.00. The summed E-state index contributed by atoms with van der Waals surface area (Å²) in [6, 6.07) is 7.86. The molecule has 0 saturated carbocycles. The fourth-order valence-electron chi connectivity index (χ4n) is 2.04. The highest BCUT2D eigenvalue weighted by molar-refractivity contribution is 7.15. The number of ether oxygens (including phenoxy) is 2. The number of amides is 2. The number of hydrogen-bond donors (Lipinski definition) is 2. The highest BCUT2D eigenvalue weighted by Gasteiger charge is 2.14. The van der Waals surface area contributed by atoms with Gasteiger partial charge in [0.15, 0.2) is 17.3 Å². The predicted octanol–water partition coefficient (Wildman–Crippen LogP) is 2.82. The smallest absolute Gasteiger partial charge is 0.279 e. The number of Topliss-reactive ketones (excluding diaryl/α,β-unsaturated/α-hetero) is 1. The fraction of sp³-hybridized carbons (Fsp3) is 0.278. The van der Waals surface area contributed by atoms with E-state index >= 15 is 0 Å². The zero-order valence-corrected chi connectivity index (χ0v) is 15.6. The number of rotatable bonds is 7.